The maximum atomic E-state index is 12.3. The van der Waals surface area contributed by atoms with E-state index in [0.29, 0.717) is 17.9 Å². The third-order valence-electron chi connectivity index (χ3n) is 4.35. The Morgan fingerprint density at radius 2 is 1.82 bits per heavy atom. The van der Waals surface area contributed by atoms with Crippen molar-refractivity contribution in [1.82, 2.24) is 10.3 Å². The molecule has 0 bridgehead atoms. The van der Waals surface area contributed by atoms with Crippen molar-refractivity contribution in [3.63, 3.8) is 0 Å². The van der Waals surface area contributed by atoms with Crippen molar-refractivity contribution in [3.8, 4) is 5.75 Å². The molecule has 3 aromatic rings. The normalized spacial score (nSPS) is 10.4. The summed E-state index contributed by atoms with van der Waals surface area (Å²) >= 11 is 0. The number of anilines is 2. The number of carbonyl (C=O) groups is 1. The minimum Gasteiger partial charge on any atom is -0.497 e. The molecule has 2 aromatic carbocycles. The fourth-order valence-corrected chi connectivity index (χ4v) is 3.05. The molecule has 0 fully saturated rings. The minimum absolute atomic E-state index is 0.131. The van der Waals surface area contributed by atoms with E-state index < -0.39 is 0 Å². The highest BCUT2D eigenvalue weighted by molar-refractivity contribution is 5.94. The molecule has 0 spiro atoms. The summed E-state index contributed by atoms with van der Waals surface area (Å²) in [7, 11) is 1.65. The van der Waals surface area contributed by atoms with Crippen molar-refractivity contribution >= 4 is 17.4 Å². The molecule has 2 N–H and O–H groups in total. The molecule has 0 radical (unpaired) electrons. The number of aryl methyl sites for hydroxylation is 2. The Balaban J connectivity index is 1.54. The van der Waals surface area contributed by atoms with Crippen LogP contribution in [0.15, 0.2) is 60.8 Å². The molecule has 0 aliphatic carbocycles. The maximum absolute atomic E-state index is 12.3. The van der Waals surface area contributed by atoms with Crippen molar-refractivity contribution < 1.29 is 9.53 Å². The molecule has 0 unspecified atom stereocenters. The summed E-state index contributed by atoms with van der Waals surface area (Å²) in [6.07, 6.45) is 2.33. The number of hydrogen-bond donors (Lipinski definition) is 2. The number of hydrogen-bond acceptors (Lipinski definition) is 4. The molecule has 1 aromatic heterocycles. The van der Waals surface area contributed by atoms with Gasteiger partial charge in [-0.25, -0.2) is 4.98 Å². The first kappa shape index (κ1) is 19.4. The second kappa shape index (κ2) is 9.04. The zero-order valence-electron chi connectivity index (χ0n) is 16.5. The van der Waals surface area contributed by atoms with Crippen molar-refractivity contribution in [2.24, 2.45) is 0 Å². The fraction of sp³-hybridized carbons (Fsp3) is 0.217. The predicted molar refractivity (Wildman–Crippen MR) is 112 cm³/mol. The van der Waals surface area contributed by atoms with Gasteiger partial charge in [0, 0.05) is 18.4 Å². The summed E-state index contributed by atoms with van der Waals surface area (Å²) in [5, 5.41) is 6.20. The molecule has 0 aliphatic heterocycles. The van der Waals surface area contributed by atoms with Gasteiger partial charge in [-0.05, 0) is 73.4 Å². The molecule has 0 saturated carbocycles. The number of benzene rings is 2. The lowest BCUT2D eigenvalue weighted by Gasteiger charge is -2.09. The SMILES string of the molecule is COc1cccc(CCNC(=O)c2ccc(Nc3cc(C)cc(C)c3)nc2)c1. The monoisotopic (exact) mass is 375 g/mol. The predicted octanol–water partition coefficient (Wildman–Crippen LogP) is 4.42. The van der Waals surface area contributed by atoms with Crippen LogP contribution in [0.5, 0.6) is 5.75 Å². The smallest absolute Gasteiger partial charge is 0.252 e. The number of nitrogens with one attached hydrogen (secondary N) is 2. The van der Waals surface area contributed by atoms with Crippen LogP contribution in [0.25, 0.3) is 0 Å². The number of methoxy groups -OCH3 is 1. The highest BCUT2D eigenvalue weighted by Gasteiger charge is 2.06. The molecule has 5 heteroatoms. The van der Waals surface area contributed by atoms with Crippen LogP contribution in [0.1, 0.15) is 27.0 Å². The Morgan fingerprint density at radius 1 is 1.04 bits per heavy atom. The van der Waals surface area contributed by atoms with Crippen LogP contribution in [0.4, 0.5) is 11.5 Å². The van der Waals surface area contributed by atoms with Gasteiger partial charge in [-0.1, -0.05) is 18.2 Å². The van der Waals surface area contributed by atoms with Gasteiger partial charge in [-0.15, -0.1) is 0 Å². The lowest BCUT2D eigenvalue weighted by molar-refractivity contribution is 0.0954. The van der Waals surface area contributed by atoms with Crippen LogP contribution in [0, 0.1) is 13.8 Å². The van der Waals surface area contributed by atoms with Gasteiger partial charge in [0.1, 0.15) is 11.6 Å². The summed E-state index contributed by atoms with van der Waals surface area (Å²) in [5.74, 6) is 1.39. The highest BCUT2D eigenvalue weighted by Crippen LogP contribution is 2.18. The number of ether oxygens (including phenoxy) is 1. The molecule has 0 saturated heterocycles. The van der Waals surface area contributed by atoms with Gasteiger partial charge in [0.25, 0.3) is 5.91 Å². The second-order valence-electron chi connectivity index (χ2n) is 6.79. The minimum atomic E-state index is -0.131. The summed E-state index contributed by atoms with van der Waals surface area (Å²) in [5.41, 5.74) is 5.02. The quantitative estimate of drug-likeness (QED) is 0.641. The van der Waals surface area contributed by atoms with Crippen LogP contribution in [-0.4, -0.2) is 24.5 Å². The van der Waals surface area contributed by atoms with E-state index in [1.165, 1.54) is 11.1 Å². The van der Waals surface area contributed by atoms with E-state index in [2.05, 4.69) is 47.7 Å². The first-order valence-electron chi connectivity index (χ1n) is 9.26. The summed E-state index contributed by atoms with van der Waals surface area (Å²) in [4.78, 5) is 16.7. The Kier molecular flexibility index (Phi) is 6.27. The summed E-state index contributed by atoms with van der Waals surface area (Å²) < 4.78 is 5.22. The molecule has 28 heavy (non-hydrogen) atoms. The van der Waals surface area contributed by atoms with Crippen molar-refractivity contribution in [2.45, 2.75) is 20.3 Å². The highest BCUT2D eigenvalue weighted by atomic mass is 16.5. The first-order valence-corrected chi connectivity index (χ1v) is 9.26. The largest absolute Gasteiger partial charge is 0.497 e. The molecule has 5 nitrogen and oxygen atoms in total. The van der Waals surface area contributed by atoms with Crippen molar-refractivity contribution in [3.05, 3.63) is 83.0 Å². The third kappa shape index (κ3) is 5.33. The molecule has 1 heterocycles. The first-order chi connectivity index (χ1) is 13.5. The van der Waals surface area contributed by atoms with Gasteiger partial charge >= 0.3 is 0 Å². The Morgan fingerprint density at radius 3 is 2.50 bits per heavy atom. The zero-order chi connectivity index (χ0) is 19.9. The molecule has 3 rings (SSSR count). The van der Waals surface area contributed by atoms with Gasteiger partial charge in [0.2, 0.25) is 0 Å². The molecule has 144 valence electrons. The summed E-state index contributed by atoms with van der Waals surface area (Å²) in [6, 6.07) is 17.7. The average Bonchev–Trinajstić information content (AvgIpc) is 2.68. The van der Waals surface area contributed by atoms with Crippen LogP contribution < -0.4 is 15.4 Å². The van der Waals surface area contributed by atoms with Crippen LogP contribution in [0.3, 0.4) is 0 Å². The molecular weight excluding hydrogens is 350 g/mol. The zero-order valence-corrected chi connectivity index (χ0v) is 16.5. The molecule has 1 amide bonds. The summed E-state index contributed by atoms with van der Waals surface area (Å²) in [6.45, 7) is 4.67. The van der Waals surface area contributed by atoms with Gasteiger partial charge < -0.3 is 15.4 Å². The van der Waals surface area contributed by atoms with Crippen molar-refractivity contribution in [2.75, 3.05) is 19.0 Å². The van der Waals surface area contributed by atoms with Crippen LogP contribution in [-0.2, 0) is 6.42 Å². The number of aromatic nitrogens is 1. The molecule has 0 atom stereocenters. The topological polar surface area (TPSA) is 63.2 Å². The van der Waals surface area contributed by atoms with E-state index in [1.807, 2.05) is 30.3 Å². The van der Waals surface area contributed by atoms with E-state index in [4.69, 9.17) is 4.74 Å². The Bertz CT molecular complexity index is 932. The van der Waals surface area contributed by atoms with Gasteiger partial charge in [-0.3, -0.25) is 4.79 Å². The van der Waals surface area contributed by atoms with Gasteiger partial charge in [0.15, 0.2) is 0 Å². The van der Waals surface area contributed by atoms with Crippen LogP contribution in [0.2, 0.25) is 0 Å². The van der Waals surface area contributed by atoms with Gasteiger partial charge in [-0.2, -0.15) is 0 Å². The number of nitrogens with zero attached hydrogens (tertiary/aromatic N) is 1. The van der Waals surface area contributed by atoms with E-state index in [1.54, 1.807) is 19.4 Å². The van der Waals surface area contributed by atoms with E-state index in [-0.39, 0.29) is 5.91 Å². The number of rotatable bonds is 7. The standard InChI is InChI=1S/C23H25N3O2/c1-16-11-17(2)13-20(12-16)26-22-8-7-19(15-25-22)23(27)24-10-9-18-5-4-6-21(14-18)28-3/h4-8,11-15H,9-10H2,1-3H3,(H,24,27)(H,25,26). The third-order valence-corrected chi connectivity index (χ3v) is 4.35. The average molecular weight is 375 g/mol. The van der Waals surface area contributed by atoms with E-state index in [9.17, 15) is 4.79 Å². The van der Waals surface area contributed by atoms with E-state index >= 15 is 0 Å². The second-order valence-corrected chi connectivity index (χ2v) is 6.79. The lowest BCUT2D eigenvalue weighted by Crippen LogP contribution is -2.25. The van der Waals surface area contributed by atoms with Gasteiger partial charge in [0.05, 0.1) is 12.7 Å². The number of amides is 1. The number of carbonyl (C=O) groups excluding carboxylic acids is 1. The number of pyridine rings is 1. The van der Waals surface area contributed by atoms with Crippen molar-refractivity contribution in [1.29, 1.82) is 0 Å². The fourth-order valence-electron chi connectivity index (χ4n) is 3.05. The van der Waals surface area contributed by atoms with Crippen LogP contribution >= 0.6 is 0 Å². The lowest BCUT2D eigenvalue weighted by atomic mass is 10.1. The van der Waals surface area contributed by atoms with E-state index in [0.717, 1.165) is 23.4 Å². The Hall–Kier alpha value is -3.34. The molecule has 0 aliphatic rings. The maximum Gasteiger partial charge on any atom is 0.252 e. The Labute approximate surface area is 165 Å². The molecular formula is C23H25N3O2.